The second-order valence-corrected chi connectivity index (χ2v) is 4.64. The number of hydrogen-bond donors (Lipinski definition) is 1. The van der Waals surface area contributed by atoms with Crippen LogP contribution in [0.15, 0.2) is 42.5 Å². The van der Waals surface area contributed by atoms with Crippen LogP contribution in [0.25, 0.3) is 0 Å². The van der Waals surface area contributed by atoms with Crippen molar-refractivity contribution in [1.82, 2.24) is 0 Å². The van der Waals surface area contributed by atoms with Gasteiger partial charge in [-0.05, 0) is 42.0 Å². The third-order valence-electron chi connectivity index (χ3n) is 3.20. The summed E-state index contributed by atoms with van der Waals surface area (Å²) in [5, 5.41) is 9.21. The van der Waals surface area contributed by atoms with Crippen LogP contribution in [-0.4, -0.2) is 19.3 Å². The molecule has 0 saturated carbocycles. The van der Waals surface area contributed by atoms with Crippen LogP contribution in [0.3, 0.4) is 0 Å². The van der Waals surface area contributed by atoms with Gasteiger partial charge in [0, 0.05) is 24.8 Å². The predicted molar refractivity (Wildman–Crippen MR) is 77.4 cm³/mol. The Morgan fingerprint density at radius 1 is 1.15 bits per heavy atom. The van der Waals surface area contributed by atoms with Crippen LogP contribution in [0.4, 0.5) is 10.1 Å². The average molecular weight is 275 g/mol. The number of ether oxygens (including phenoxy) is 1. The number of aliphatic hydroxyl groups is 1. The van der Waals surface area contributed by atoms with Crippen molar-refractivity contribution < 1.29 is 14.2 Å². The zero-order valence-electron chi connectivity index (χ0n) is 11.6. The molecule has 0 radical (unpaired) electrons. The van der Waals surface area contributed by atoms with E-state index in [0.717, 1.165) is 22.6 Å². The average Bonchev–Trinajstić information content (AvgIpc) is 2.47. The molecule has 4 heteroatoms. The van der Waals surface area contributed by atoms with Crippen LogP contribution in [0, 0.1) is 5.82 Å². The fraction of sp³-hybridized carbons (Fsp3) is 0.250. The van der Waals surface area contributed by atoms with Gasteiger partial charge in [-0.25, -0.2) is 4.39 Å². The molecule has 0 heterocycles. The van der Waals surface area contributed by atoms with E-state index in [9.17, 15) is 9.50 Å². The lowest BCUT2D eigenvalue weighted by Gasteiger charge is -2.21. The van der Waals surface area contributed by atoms with Gasteiger partial charge in [0.05, 0.1) is 13.7 Å². The van der Waals surface area contributed by atoms with Crippen molar-refractivity contribution in [1.29, 1.82) is 0 Å². The predicted octanol–water partition coefficient (Wildman–Crippen LogP) is 2.96. The van der Waals surface area contributed by atoms with Crippen LogP contribution in [0.5, 0.6) is 5.75 Å². The van der Waals surface area contributed by atoms with E-state index in [1.165, 1.54) is 12.1 Å². The molecule has 3 nitrogen and oxygen atoms in total. The molecule has 0 aromatic heterocycles. The van der Waals surface area contributed by atoms with E-state index in [0.29, 0.717) is 6.54 Å². The van der Waals surface area contributed by atoms with Gasteiger partial charge in [-0.1, -0.05) is 6.07 Å². The van der Waals surface area contributed by atoms with E-state index in [-0.39, 0.29) is 12.4 Å². The van der Waals surface area contributed by atoms with Crippen LogP contribution in [-0.2, 0) is 13.2 Å². The Morgan fingerprint density at radius 2 is 1.85 bits per heavy atom. The first-order chi connectivity index (χ1) is 9.63. The molecule has 1 N–H and O–H groups in total. The number of nitrogens with zero attached hydrogens (tertiary/aromatic N) is 1. The van der Waals surface area contributed by atoms with E-state index in [1.807, 2.05) is 30.1 Å². The molecule has 2 rings (SSSR count). The van der Waals surface area contributed by atoms with Crippen molar-refractivity contribution in [2.24, 2.45) is 0 Å². The summed E-state index contributed by atoms with van der Waals surface area (Å²) in [4.78, 5) is 2.00. The second-order valence-electron chi connectivity index (χ2n) is 4.64. The number of anilines is 1. The van der Waals surface area contributed by atoms with Gasteiger partial charge in [0.2, 0.25) is 0 Å². The largest absolute Gasteiger partial charge is 0.496 e. The molecule has 2 aromatic rings. The number of aliphatic hydroxyl groups excluding tert-OH is 1. The first kappa shape index (κ1) is 14.3. The fourth-order valence-electron chi connectivity index (χ4n) is 2.10. The molecular formula is C16H18FNO2. The van der Waals surface area contributed by atoms with Gasteiger partial charge in [-0.2, -0.15) is 0 Å². The van der Waals surface area contributed by atoms with Crippen molar-refractivity contribution in [2.75, 3.05) is 19.1 Å². The SMILES string of the molecule is COc1ccc(CO)cc1CN(C)c1ccc(F)cc1. The number of benzene rings is 2. The maximum absolute atomic E-state index is 12.9. The first-order valence-electron chi connectivity index (χ1n) is 6.37. The maximum Gasteiger partial charge on any atom is 0.123 e. The molecule has 20 heavy (non-hydrogen) atoms. The minimum absolute atomic E-state index is 0.00272. The van der Waals surface area contributed by atoms with Gasteiger partial charge < -0.3 is 14.7 Å². The Bertz CT molecular complexity index is 569. The first-order valence-corrected chi connectivity index (χ1v) is 6.37. The highest BCUT2D eigenvalue weighted by molar-refractivity contribution is 5.48. The molecule has 0 amide bonds. The molecule has 0 fully saturated rings. The third kappa shape index (κ3) is 3.27. The Labute approximate surface area is 118 Å². The third-order valence-corrected chi connectivity index (χ3v) is 3.20. The van der Waals surface area contributed by atoms with Crippen molar-refractivity contribution >= 4 is 5.69 Å². The summed E-state index contributed by atoms with van der Waals surface area (Å²) in [6.07, 6.45) is 0. The molecule has 0 saturated heterocycles. The van der Waals surface area contributed by atoms with E-state index < -0.39 is 0 Å². The lowest BCUT2D eigenvalue weighted by Crippen LogP contribution is -2.17. The Hall–Kier alpha value is -2.07. The number of rotatable bonds is 5. The van der Waals surface area contributed by atoms with Gasteiger partial charge in [0.15, 0.2) is 0 Å². The molecule has 0 aliphatic heterocycles. The number of methoxy groups -OCH3 is 1. The fourth-order valence-corrected chi connectivity index (χ4v) is 2.10. The van der Waals surface area contributed by atoms with E-state index in [2.05, 4.69) is 0 Å². The van der Waals surface area contributed by atoms with Gasteiger partial charge in [-0.15, -0.1) is 0 Å². The number of hydrogen-bond acceptors (Lipinski definition) is 3. The summed E-state index contributed by atoms with van der Waals surface area (Å²) >= 11 is 0. The van der Waals surface area contributed by atoms with E-state index in [1.54, 1.807) is 19.2 Å². The topological polar surface area (TPSA) is 32.7 Å². The molecule has 106 valence electrons. The minimum atomic E-state index is -0.248. The Balaban J connectivity index is 2.21. The highest BCUT2D eigenvalue weighted by Crippen LogP contribution is 2.24. The van der Waals surface area contributed by atoms with Crippen molar-refractivity contribution in [2.45, 2.75) is 13.2 Å². The van der Waals surface area contributed by atoms with Gasteiger partial charge >= 0.3 is 0 Å². The number of halogens is 1. The Morgan fingerprint density at radius 3 is 2.45 bits per heavy atom. The molecular weight excluding hydrogens is 257 g/mol. The van der Waals surface area contributed by atoms with Crippen LogP contribution in [0.1, 0.15) is 11.1 Å². The van der Waals surface area contributed by atoms with Crippen molar-refractivity contribution in [3.8, 4) is 5.75 Å². The summed E-state index contributed by atoms with van der Waals surface area (Å²) in [7, 11) is 3.55. The van der Waals surface area contributed by atoms with E-state index in [4.69, 9.17) is 4.74 Å². The Kier molecular flexibility index (Phi) is 4.58. The molecule has 0 aliphatic carbocycles. The summed E-state index contributed by atoms with van der Waals surface area (Å²) in [5.74, 6) is 0.526. The molecule has 0 unspecified atom stereocenters. The smallest absolute Gasteiger partial charge is 0.123 e. The quantitative estimate of drug-likeness (QED) is 0.910. The van der Waals surface area contributed by atoms with Crippen molar-refractivity contribution in [3.63, 3.8) is 0 Å². The second kappa shape index (κ2) is 6.39. The maximum atomic E-state index is 12.9. The molecule has 0 bridgehead atoms. The highest BCUT2D eigenvalue weighted by atomic mass is 19.1. The zero-order valence-corrected chi connectivity index (χ0v) is 11.6. The normalized spacial score (nSPS) is 10.4. The molecule has 2 aromatic carbocycles. The van der Waals surface area contributed by atoms with E-state index >= 15 is 0 Å². The monoisotopic (exact) mass is 275 g/mol. The summed E-state index contributed by atoms with van der Waals surface area (Å²) in [6, 6.07) is 11.9. The standard InChI is InChI=1S/C16H18FNO2/c1-18(15-6-4-14(17)5-7-15)10-13-9-12(11-19)3-8-16(13)20-2/h3-9,19H,10-11H2,1-2H3. The summed E-state index contributed by atoms with van der Waals surface area (Å²) < 4.78 is 18.3. The van der Waals surface area contributed by atoms with Crippen LogP contribution < -0.4 is 9.64 Å². The van der Waals surface area contributed by atoms with Crippen LogP contribution in [0.2, 0.25) is 0 Å². The van der Waals surface area contributed by atoms with Gasteiger partial charge in [0.25, 0.3) is 0 Å². The van der Waals surface area contributed by atoms with Gasteiger partial charge in [0.1, 0.15) is 11.6 Å². The van der Waals surface area contributed by atoms with Gasteiger partial charge in [-0.3, -0.25) is 0 Å². The summed E-state index contributed by atoms with van der Waals surface area (Å²) in [5.41, 5.74) is 2.74. The molecule has 0 aliphatic rings. The molecule has 0 spiro atoms. The van der Waals surface area contributed by atoms with Crippen LogP contribution >= 0.6 is 0 Å². The highest BCUT2D eigenvalue weighted by Gasteiger charge is 2.08. The molecule has 0 atom stereocenters. The zero-order chi connectivity index (χ0) is 14.5. The van der Waals surface area contributed by atoms with Crippen molar-refractivity contribution in [3.05, 3.63) is 59.4 Å². The summed E-state index contributed by atoms with van der Waals surface area (Å²) in [6.45, 7) is 0.611. The minimum Gasteiger partial charge on any atom is -0.496 e. The lowest BCUT2D eigenvalue weighted by molar-refractivity contribution is 0.281. The lowest BCUT2D eigenvalue weighted by atomic mass is 10.1.